The van der Waals surface area contributed by atoms with Crippen LogP contribution in [0.15, 0.2) is 6.08 Å². The molecule has 0 spiro atoms. The molecule has 0 aromatic carbocycles. The second-order valence-corrected chi connectivity index (χ2v) is 5.11. The van der Waals surface area contributed by atoms with E-state index in [0.29, 0.717) is 17.9 Å². The van der Waals surface area contributed by atoms with Crippen LogP contribution < -0.4 is 10.6 Å². The maximum atomic E-state index is 4.54. The Hall–Kier alpha value is -1.65. The molecule has 0 unspecified atom stereocenters. The molecule has 1 heterocycles. The molecule has 0 aliphatic heterocycles. The third kappa shape index (κ3) is 3.91. The number of rotatable bonds is 5. The smallest absolute Gasteiger partial charge is 0.228 e. The highest BCUT2D eigenvalue weighted by Gasteiger charge is 2.13. The van der Waals surface area contributed by atoms with Crippen LogP contribution in [0.2, 0.25) is 0 Å². The normalized spacial score (nSPS) is 15.3. The quantitative estimate of drug-likeness (QED) is 0.853. The van der Waals surface area contributed by atoms with Crippen LogP contribution in [0.25, 0.3) is 5.57 Å². The highest BCUT2D eigenvalue weighted by Crippen LogP contribution is 2.25. The first-order valence-corrected chi connectivity index (χ1v) is 7.15. The van der Waals surface area contributed by atoms with Gasteiger partial charge in [-0.1, -0.05) is 6.08 Å². The Labute approximate surface area is 115 Å². The van der Waals surface area contributed by atoms with E-state index in [2.05, 4.69) is 45.5 Å². The fraction of sp³-hybridized carbons (Fsp3) is 0.643. The molecule has 104 valence electrons. The molecular formula is C14H23N5. The number of hydrogen-bond donors (Lipinski definition) is 2. The van der Waals surface area contributed by atoms with Gasteiger partial charge in [-0.3, -0.25) is 0 Å². The van der Waals surface area contributed by atoms with Gasteiger partial charge >= 0.3 is 0 Å². The Morgan fingerprint density at radius 2 is 1.95 bits per heavy atom. The minimum Gasteiger partial charge on any atom is -0.354 e. The first-order valence-electron chi connectivity index (χ1n) is 7.15. The van der Waals surface area contributed by atoms with Gasteiger partial charge in [0.15, 0.2) is 5.82 Å². The van der Waals surface area contributed by atoms with Gasteiger partial charge in [-0.05, 0) is 52.0 Å². The molecular weight excluding hydrogens is 238 g/mol. The SMILES string of the molecule is CCNc1nc(NC(C)C)nc(C2=CCCCC2)n1. The number of nitrogens with zero attached hydrogens (tertiary/aromatic N) is 3. The van der Waals surface area contributed by atoms with Crippen molar-refractivity contribution in [3.05, 3.63) is 11.9 Å². The summed E-state index contributed by atoms with van der Waals surface area (Å²) < 4.78 is 0. The topological polar surface area (TPSA) is 62.7 Å². The van der Waals surface area contributed by atoms with Crippen molar-refractivity contribution in [3.63, 3.8) is 0 Å². The molecule has 1 aliphatic rings. The van der Waals surface area contributed by atoms with Gasteiger partial charge in [0.1, 0.15) is 0 Å². The van der Waals surface area contributed by atoms with Gasteiger partial charge < -0.3 is 10.6 Å². The molecule has 2 N–H and O–H groups in total. The Balaban J connectivity index is 2.30. The minimum atomic E-state index is 0.310. The van der Waals surface area contributed by atoms with E-state index in [-0.39, 0.29) is 0 Å². The van der Waals surface area contributed by atoms with Gasteiger partial charge in [0.05, 0.1) is 0 Å². The van der Waals surface area contributed by atoms with Crippen LogP contribution >= 0.6 is 0 Å². The van der Waals surface area contributed by atoms with Crippen molar-refractivity contribution in [3.8, 4) is 0 Å². The lowest BCUT2D eigenvalue weighted by atomic mass is 9.99. The molecule has 1 aromatic heterocycles. The molecule has 5 heteroatoms. The molecule has 0 atom stereocenters. The van der Waals surface area contributed by atoms with Gasteiger partial charge in [-0.15, -0.1) is 0 Å². The van der Waals surface area contributed by atoms with Gasteiger partial charge in [-0.2, -0.15) is 15.0 Å². The molecule has 0 fully saturated rings. The summed E-state index contributed by atoms with van der Waals surface area (Å²) in [6.07, 6.45) is 6.95. The second-order valence-electron chi connectivity index (χ2n) is 5.11. The molecule has 2 rings (SSSR count). The molecule has 19 heavy (non-hydrogen) atoms. The van der Waals surface area contributed by atoms with E-state index in [0.717, 1.165) is 25.2 Å². The van der Waals surface area contributed by atoms with Gasteiger partial charge in [0.25, 0.3) is 0 Å². The Morgan fingerprint density at radius 1 is 1.16 bits per heavy atom. The van der Waals surface area contributed by atoms with Crippen LogP contribution in [0, 0.1) is 0 Å². The van der Waals surface area contributed by atoms with E-state index in [1.807, 2.05) is 6.92 Å². The lowest BCUT2D eigenvalue weighted by molar-refractivity contribution is 0.735. The first kappa shape index (κ1) is 13.8. The average molecular weight is 261 g/mol. The maximum absolute atomic E-state index is 4.54. The lowest BCUT2D eigenvalue weighted by Crippen LogP contribution is -2.16. The van der Waals surface area contributed by atoms with Gasteiger partial charge in [-0.25, -0.2) is 0 Å². The van der Waals surface area contributed by atoms with Crippen molar-refractivity contribution in [2.45, 2.75) is 52.5 Å². The van der Waals surface area contributed by atoms with E-state index in [1.165, 1.54) is 18.4 Å². The fourth-order valence-corrected chi connectivity index (χ4v) is 2.12. The first-order chi connectivity index (χ1) is 9.19. The van der Waals surface area contributed by atoms with E-state index >= 15 is 0 Å². The maximum Gasteiger partial charge on any atom is 0.228 e. The summed E-state index contributed by atoms with van der Waals surface area (Å²) in [5.41, 5.74) is 1.25. The molecule has 0 amide bonds. The van der Waals surface area contributed by atoms with Crippen LogP contribution in [0.5, 0.6) is 0 Å². The van der Waals surface area contributed by atoms with Crippen molar-refractivity contribution >= 4 is 17.5 Å². The van der Waals surface area contributed by atoms with Crippen molar-refractivity contribution < 1.29 is 0 Å². The van der Waals surface area contributed by atoms with Gasteiger partial charge in [0, 0.05) is 12.6 Å². The summed E-state index contributed by atoms with van der Waals surface area (Å²) >= 11 is 0. The van der Waals surface area contributed by atoms with Crippen molar-refractivity contribution in [1.82, 2.24) is 15.0 Å². The zero-order chi connectivity index (χ0) is 13.7. The van der Waals surface area contributed by atoms with Gasteiger partial charge in [0.2, 0.25) is 11.9 Å². The van der Waals surface area contributed by atoms with E-state index in [1.54, 1.807) is 0 Å². The third-order valence-corrected chi connectivity index (χ3v) is 2.97. The number of hydrogen-bond acceptors (Lipinski definition) is 5. The van der Waals surface area contributed by atoms with Crippen LogP contribution in [-0.2, 0) is 0 Å². The van der Waals surface area contributed by atoms with Crippen LogP contribution in [0.4, 0.5) is 11.9 Å². The van der Waals surface area contributed by atoms with Crippen LogP contribution in [0.1, 0.15) is 52.3 Å². The second kappa shape index (κ2) is 6.50. The minimum absolute atomic E-state index is 0.310. The predicted molar refractivity (Wildman–Crippen MR) is 79.2 cm³/mol. The molecule has 0 bridgehead atoms. The van der Waals surface area contributed by atoms with E-state index in [9.17, 15) is 0 Å². The average Bonchev–Trinajstić information content (AvgIpc) is 2.39. The summed E-state index contributed by atoms with van der Waals surface area (Å²) in [6, 6.07) is 0.310. The molecule has 1 aliphatic carbocycles. The number of allylic oxidation sites excluding steroid dienone is 2. The monoisotopic (exact) mass is 261 g/mol. The van der Waals surface area contributed by atoms with Crippen LogP contribution in [-0.4, -0.2) is 27.5 Å². The zero-order valence-corrected chi connectivity index (χ0v) is 12.0. The standard InChI is InChI=1S/C14H23N5/c1-4-15-13-17-12(11-8-6-5-7-9-11)18-14(19-13)16-10(2)3/h8,10H,4-7,9H2,1-3H3,(H2,15,16,17,18,19). The van der Waals surface area contributed by atoms with Crippen LogP contribution in [0.3, 0.4) is 0 Å². The number of aromatic nitrogens is 3. The fourth-order valence-electron chi connectivity index (χ4n) is 2.12. The van der Waals surface area contributed by atoms with E-state index < -0.39 is 0 Å². The summed E-state index contributed by atoms with van der Waals surface area (Å²) in [6.45, 7) is 7.01. The molecule has 0 radical (unpaired) electrons. The third-order valence-electron chi connectivity index (χ3n) is 2.97. The Kier molecular flexibility index (Phi) is 4.71. The number of anilines is 2. The lowest BCUT2D eigenvalue weighted by Gasteiger charge is -2.15. The van der Waals surface area contributed by atoms with Crippen molar-refractivity contribution in [2.75, 3.05) is 17.2 Å². The molecule has 0 saturated heterocycles. The highest BCUT2D eigenvalue weighted by atomic mass is 15.2. The molecule has 0 saturated carbocycles. The van der Waals surface area contributed by atoms with Crippen molar-refractivity contribution in [2.24, 2.45) is 0 Å². The Bertz CT molecular complexity index is 453. The van der Waals surface area contributed by atoms with Crippen molar-refractivity contribution in [1.29, 1.82) is 0 Å². The largest absolute Gasteiger partial charge is 0.354 e. The summed E-state index contributed by atoms with van der Waals surface area (Å²) in [5, 5.41) is 6.42. The summed E-state index contributed by atoms with van der Waals surface area (Å²) in [7, 11) is 0. The predicted octanol–water partition coefficient (Wildman–Crippen LogP) is 3.08. The van der Waals surface area contributed by atoms with E-state index in [4.69, 9.17) is 0 Å². The molecule has 5 nitrogen and oxygen atoms in total. The molecule has 1 aromatic rings. The zero-order valence-electron chi connectivity index (χ0n) is 12.0. The Morgan fingerprint density at radius 3 is 2.58 bits per heavy atom. The number of nitrogens with one attached hydrogen (secondary N) is 2. The highest BCUT2D eigenvalue weighted by molar-refractivity contribution is 5.62. The summed E-state index contributed by atoms with van der Waals surface area (Å²) in [5.74, 6) is 2.12. The summed E-state index contributed by atoms with van der Waals surface area (Å²) in [4.78, 5) is 13.4.